The minimum atomic E-state index is -0.826. The number of carbonyl (C=O) groups is 2. The summed E-state index contributed by atoms with van der Waals surface area (Å²) in [4.78, 5) is 35.0. The van der Waals surface area contributed by atoms with E-state index in [4.69, 9.17) is 5.11 Å². The molecule has 8 heteroatoms. The standard InChI is InChI=1S/C14H16N4O4/c19-12(15-10-5-4-9(7-10)13(20)21)8-18-14(22)17-6-2-1-3-11(17)16-18/h1-3,6,9-10H,4-5,7-8H2,(H,15,19)(H,20,21)/t9-,10+/m0/s1. The van der Waals surface area contributed by atoms with Gasteiger partial charge >= 0.3 is 11.7 Å². The van der Waals surface area contributed by atoms with Crippen molar-refractivity contribution in [3.8, 4) is 0 Å². The van der Waals surface area contributed by atoms with E-state index in [9.17, 15) is 14.4 Å². The Morgan fingerprint density at radius 1 is 1.36 bits per heavy atom. The molecular formula is C14H16N4O4. The molecule has 3 rings (SSSR count). The molecule has 0 bridgehead atoms. The van der Waals surface area contributed by atoms with Crippen molar-refractivity contribution in [1.29, 1.82) is 0 Å². The molecule has 1 saturated carbocycles. The first-order valence-electron chi connectivity index (χ1n) is 7.11. The van der Waals surface area contributed by atoms with Crippen molar-refractivity contribution in [3.63, 3.8) is 0 Å². The number of pyridine rings is 1. The zero-order chi connectivity index (χ0) is 15.7. The molecule has 1 fully saturated rings. The van der Waals surface area contributed by atoms with Crippen molar-refractivity contribution < 1.29 is 14.7 Å². The van der Waals surface area contributed by atoms with E-state index in [0.29, 0.717) is 24.9 Å². The van der Waals surface area contributed by atoms with Crippen LogP contribution in [0.2, 0.25) is 0 Å². The Balaban J connectivity index is 1.65. The number of carboxylic acids is 1. The van der Waals surface area contributed by atoms with Gasteiger partial charge in [-0.15, -0.1) is 5.10 Å². The first-order valence-corrected chi connectivity index (χ1v) is 7.11. The minimum absolute atomic E-state index is 0.152. The van der Waals surface area contributed by atoms with E-state index in [1.165, 1.54) is 4.40 Å². The van der Waals surface area contributed by atoms with E-state index in [-0.39, 0.29) is 24.2 Å². The summed E-state index contributed by atoms with van der Waals surface area (Å²) in [6.07, 6.45) is 3.23. The molecular weight excluding hydrogens is 288 g/mol. The molecule has 1 amide bonds. The van der Waals surface area contributed by atoms with Crippen molar-refractivity contribution in [1.82, 2.24) is 19.5 Å². The topological polar surface area (TPSA) is 106 Å². The summed E-state index contributed by atoms with van der Waals surface area (Å²) in [7, 11) is 0. The Kier molecular flexibility index (Phi) is 3.66. The van der Waals surface area contributed by atoms with Gasteiger partial charge < -0.3 is 10.4 Å². The van der Waals surface area contributed by atoms with Crippen LogP contribution in [0.15, 0.2) is 29.2 Å². The molecule has 2 N–H and O–H groups in total. The van der Waals surface area contributed by atoms with Crippen LogP contribution in [0.1, 0.15) is 19.3 Å². The van der Waals surface area contributed by atoms with Gasteiger partial charge in [-0.2, -0.15) is 0 Å². The lowest BCUT2D eigenvalue weighted by Crippen LogP contribution is -2.38. The highest BCUT2D eigenvalue weighted by Crippen LogP contribution is 2.25. The minimum Gasteiger partial charge on any atom is -0.481 e. The SMILES string of the molecule is O=C(Cn1nc2ccccn2c1=O)N[C@@H]1CC[C@H](C(=O)O)C1. The van der Waals surface area contributed by atoms with Crippen molar-refractivity contribution in [2.75, 3.05) is 0 Å². The number of carboxylic acid groups (broad SMARTS) is 1. The quantitative estimate of drug-likeness (QED) is 0.818. The fraction of sp³-hybridized carbons (Fsp3) is 0.429. The lowest BCUT2D eigenvalue weighted by atomic mass is 10.1. The third kappa shape index (κ3) is 2.72. The fourth-order valence-electron chi connectivity index (χ4n) is 2.82. The monoisotopic (exact) mass is 304 g/mol. The summed E-state index contributed by atoms with van der Waals surface area (Å²) in [6, 6.07) is 5.01. The lowest BCUT2D eigenvalue weighted by Gasteiger charge is -2.11. The van der Waals surface area contributed by atoms with Crippen LogP contribution in [0.3, 0.4) is 0 Å². The van der Waals surface area contributed by atoms with Crippen LogP contribution in [0, 0.1) is 5.92 Å². The summed E-state index contributed by atoms with van der Waals surface area (Å²) in [5, 5.41) is 15.8. The van der Waals surface area contributed by atoms with Crippen molar-refractivity contribution in [2.45, 2.75) is 31.8 Å². The number of nitrogens with zero attached hydrogens (tertiary/aromatic N) is 3. The van der Waals surface area contributed by atoms with Gasteiger partial charge in [-0.1, -0.05) is 6.07 Å². The Morgan fingerprint density at radius 3 is 2.86 bits per heavy atom. The predicted octanol–water partition coefficient (Wildman–Crippen LogP) is -0.135. The number of fused-ring (bicyclic) bond motifs is 1. The maximum absolute atomic E-state index is 12.0. The molecule has 116 valence electrons. The number of hydrogen-bond donors (Lipinski definition) is 2. The molecule has 2 atom stereocenters. The van der Waals surface area contributed by atoms with E-state index in [1.54, 1.807) is 24.4 Å². The molecule has 22 heavy (non-hydrogen) atoms. The van der Waals surface area contributed by atoms with E-state index in [0.717, 1.165) is 4.68 Å². The molecule has 2 aromatic heterocycles. The average Bonchev–Trinajstić information content (AvgIpc) is 3.06. The number of nitrogens with one attached hydrogen (secondary N) is 1. The normalized spacial score (nSPS) is 21.1. The summed E-state index contributed by atoms with van der Waals surface area (Å²) < 4.78 is 2.47. The molecule has 0 radical (unpaired) electrons. The summed E-state index contributed by atoms with van der Waals surface area (Å²) >= 11 is 0. The molecule has 1 aliphatic rings. The second-order valence-electron chi connectivity index (χ2n) is 5.48. The molecule has 0 aromatic carbocycles. The average molecular weight is 304 g/mol. The number of carbonyl (C=O) groups excluding carboxylic acids is 1. The highest BCUT2D eigenvalue weighted by molar-refractivity contribution is 5.76. The van der Waals surface area contributed by atoms with Gasteiger partial charge in [-0.25, -0.2) is 9.48 Å². The molecule has 0 saturated heterocycles. The van der Waals surface area contributed by atoms with Crippen LogP contribution < -0.4 is 11.0 Å². The third-order valence-electron chi connectivity index (χ3n) is 3.93. The lowest BCUT2D eigenvalue weighted by molar-refractivity contribution is -0.141. The van der Waals surface area contributed by atoms with Crippen LogP contribution in [0.25, 0.3) is 5.65 Å². The molecule has 2 aromatic rings. The summed E-state index contributed by atoms with van der Waals surface area (Å²) in [5.41, 5.74) is 0.104. The zero-order valence-corrected chi connectivity index (χ0v) is 11.8. The predicted molar refractivity (Wildman–Crippen MR) is 76.4 cm³/mol. The van der Waals surface area contributed by atoms with Gasteiger partial charge in [0.1, 0.15) is 6.54 Å². The largest absolute Gasteiger partial charge is 0.481 e. The first kappa shape index (κ1) is 14.3. The van der Waals surface area contributed by atoms with Gasteiger partial charge in [0.05, 0.1) is 5.92 Å². The Hall–Kier alpha value is -2.64. The van der Waals surface area contributed by atoms with E-state index < -0.39 is 11.9 Å². The Labute approximate surface area is 125 Å². The maximum atomic E-state index is 12.0. The Morgan fingerprint density at radius 2 is 2.18 bits per heavy atom. The van der Waals surface area contributed by atoms with Gasteiger partial charge in [-0.3, -0.25) is 14.0 Å². The second kappa shape index (κ2) is 5.63. The molecule has 0 unspecified atom stereocenters. The van der Waals surface area contributed by atoms with Gasteiger partial charge in [0.2, 0.25) is 5.91 Å². The van der Waals surface area contributed by atoms with E-state index in [1.807, 2.05) is 0 Å². The van der Waals surface area contributed by atoms with Crippen molar-refractivity contribution in [3.05, 3.63) is 34.9 Å². The van der Waals surface area contributed by atoms with Crippen LogP contribution in [-0.4, -0.2) is 37.2 Å². The van der Waals surface area contributed by atoms with Crippen LogP contribution in [-0.2, 0) is 16.1 Å². The maximum Gasteiger partial charge on any atom is 0.350 e. The summed E-state index contributed by atoms with van der Waals surface area (Å²) in [5.74, 6) is -1.56. The van der Waals surface area contributed by atoms with Crippen molar-refractivity contribution in [2.24, 2.45) is 5.92 Å². The smallest absolute Gasteiger partial charge is 0.350 e. The molecule has 8 nitrogen and oxygen atoms in total. The third-order valence-corrected chi connectivity index (χ3v) is 3.93. The molecule has 0 spiro atoms. The Bertz CT molecular complexity index is 778. The van der Waals surface area contributed by atoms with Gasteiger partial charge in [-0.05, 0) is 31.4 Å². The number of hydrogen-bond acceptors (Lipinski definition) is 4. The second-order valence-corrected chi connectivity index (χ2v) is 5.48. The first-order chi connectivity index (χ1) is 10.5. The van der Waals surface area contributed by atoms with E-state index >= 15 is 0 Å². The molecule has 2 heterocycles. The van der Waals surface area contributed by atoms with Gasteiger partial charge in [0.15, 0.2) is 5.65 Å². The fourth-order valence-corrected chi connectivity index (χ4v) is 2.82. The van der Waals surface area contributed by atoms with Crippen LogP contribution in [0.5, 0.6) is 0 Å². The highest BCUT2D eigenvalue weighted by atomic mass is 16.4. The number of aromatic nitrogens is 3. The summed E-state index contributed by atoms with van der Waals surface area (Å²) in [6.45, 7) is -0.172. The van der Waals surface area contributed by atoms with E-state index in [2.05, 4.69) is 10.4 Å². The van der Waals surface area contributed by atoms with Gasteiger partial charge in [0.25, 0.3) is 0 Å². The number of amides is 1. The van der Waals surface area contributed by atoms with Crippen LogP contribution in [0.4, 0.5) is 0 Å². The molecule has 0 aliphatic heterocycles. The van der Waals surface area contributed by atoms with Gasteiger partial charge in [0, 0.05) is 12.2 Å². The highest BCUT2D eigenvalue weighted by Gasteiger charge is 2.30. The number of rotatable bonds is 4. The number of aliphatic carboxylic acids is 1. The van der Waals surface area contributed by atoms with Crippen molar-refractivity contribution >= 4 is 17.5 Å². The zero-order valence-electron chi connectivity index (χ0n) is 11.8. The molecule has 1 aliphatic carbocycles. The van der Waals surface area contributed by atoms with Crippen LogP contribution >= 0.6 is 0 Å².